The average Bonchev–Trinajstić information content (AvgIpc) is 2.65. The quantitative estimate of drug-likeness (QED) is 0.446. The van der Waals surface area contributed by atoms with Crippen LogP contribution in [-0.2, 0) is 5.41 Å². The molecule has 4 nitrogen and oxygen atoms in total. The molecule has 0 bridgehead atoms. The van der Waals surface area contributed by atoms with Crippen LogP contribution in [0.4, 0.5) is 18.9 Å². The molecule has 0 fully saturated rings. The molecule has 0 radical (unpaired) electrons. The highest BCUT2D eigenvalue weighted by atomic mass is 35.5. The van der Waals surface area contributed by atoms with Crippen molar-refractivity contribution in [2.24, 2.45) is 0 Å². The number of rotatable bonds is 2. The van der Waals surface area contributed by atoms with Crippen molar-refractivity contribution in [1.82, 2.24) is 4.98 Å². The van der Waals surface area contributed by atoms with Gasteiger partial charge in [0.2, 0.25) is 0 Å². The highest BCUT2D eigenvalue weighted by Crippen LogP contribution is 2.57. The third kappa shape index (κ3) is 3.40. The molecule has 1 heterocycles. The first-order valence-corrected chi connectivity index (χ1v) is 10.2. The lowest BCUT2D eigenvalue weighted by Gasteiger charge is -2.49. The summed E-state index contributed by atoms with van der Waals surface area (Å²) in [6.07, 6.45) is -5.57. The van der Waals surface area contributed by atoms with Crippen molar-refractivity contribution in [1.29, 1.82) is 0 Å². The number of hydrogen-bond donors (Lipinski definition) is 3. The van der Waals surface area contributed by atoms with E-state index in [1.165, 1.54) is 12.1 Å². The van der Waals surface area contributed by atoms with Gasteiger partial charge in [0.1, 0.15) is 5.75 Å². The van der Waals surface area contributed by atoms with Gasteiger partial charge in [-0.2, -0.15) is 13.2 Å². The van der Waals surface area contributed by atoms with Gasteiger partial charge in [-0.25, -0.2) is 0 Å². The van der Waals surface area contributed by atoms with Crippen molar-refractivity contribution in [3.63, 3.8) is 0 Å². The largest absolute Gasteiger partial charge is 0.506 e. The highest BCUT2D eigenvalue weighted by Gasteiger charge is 2.64. The molecule has 0 amide bonds. The molecule has 3 N–H and O–H groups in total. The summed E-state index contributed by atoms with van der Waals surface area (Å²) in [5, 5.41) is 25.3. The number of fused-ring (bicyclic) bond motifs is 2. The molecule has 164 valence electrons. The Morgan fingerprint density at radius 2 is 1.84 bits per heavy atom. The predicted molar refractivity (Wildman–Crippen MR) is 115 cm³/mol. The molecule has 2 aromatic carbocycles. The lowest BCUT2D eigenvalue weighted by molar-refractivity contribution is -0.275. The Labute approximate surface area is 182 Å². The second kappa shape index (κ2) is 7.00. The van der Waals surface area contributed by atoms with Crippen LogP contribution in [0.5, 0.6) is 5.75 Å². The highest BCUT2D eigenvalue weighted by molar-refractivity contribution is 6.32. The van der Waals surface area contributed by atoms with Crippen LogP contribution in [-0.4, -0.2) is 27.0 Å². The van der Waals surface area contributed by atoms with Crippen molar-refractivity contribution in [3.8, 4) is 5.75 Å². The minimum absolute atomic E-state index is 0.0489. The average molecular weight is 451 g/mol. The Morgan fingerprint density at radius 1 is 1.13 bits per heavy atom. The molecule has 0 aliphatic heterocycles. The molecular weight excluding hydrogens is 429 g/mol. The van der Waals surface area contributed by atoms with Crippen molar-refractivity contribution >= 4 is 28.2 Å². The number of phenolic OH excluding ortho intramolecular Hbond substituents is 1. The Morgan fingerprint density at radius 3 is 2.52 bits per heavy atom. The van der Waals surface area contributed by atoms with Gasteiger partial charge in [-0.3, -0.25) is 4.98 Å². The van der Waals surface area contributed by atoms with Crippen molar-refractivity contribution in [3.05, 3.63) is 64.3 Å². The van der Waals surface area contributed by atoms with Gasteiger partial charge in [-0.1, -0.05) is 37.6 Å². The topological polar surface area (TPSA) is 65.4 Å². The van der Waals surface area contributed by atoms with Crippen LogP contribution < -0.4 is 5.32 Å². The number of hydrogen-bond acceptors (Lipinski definition) is 4. The second-order valence-corrected chi connectivity index (χ2v) is 9.15. The molecule has 8 heteroatoms. The number of pyridine rings is 1. The summed E-state index contributed by atoms with van der Waals surface area (Å²) in [6.45, 7) is 4.94. The Hall–Kier alpha value is -2.51. The van der Waals surface area contributed by atoms with E-state index in [1.54, 1.807) is 44.2 Å². The van der Waals surface area contributed by atoms with Crippen LogP contribution >= 0.6 is 11.6 Å². The Kier molecular flexibility index (Phi) is 4.90. The number of aliphatic hydroxyl groups is 1. The zero-order chi connectivity index (χ0) is 22.8. The van der Waals surface area contributed by atoms with Crippen LogP contribution in [0.25, 0.3) is 10.9 Å². The van der Waals surface area contributed by atoms with Gasteiger partial charge in [0, 0.05) is 22.3 Å². The number of nitrogens with one attached hydrogen (secondary N) is 1. The number of alkyl halides is 3. The smallest absolute Gasteiger partial charge is 0.419 e. The molecule has 1 aromatic heterocycles. The molecule has 0 unspecified atom stereocenters. The van der Waals surface area contributed by atoms with E-state index in [0.29, 0.717) is 22.2 Å². The van der Waals surface area contributed by atoms with E-state index in [4.69, 9.17) is 11.6 Å². The van der Waals surface area contributed by atoms with Gasteiger partial charge in [-0.05, 0) is 54.7 Å². The van der Waals surface area contributed by atoms with Crippen LogP contribution in [0.2, 0.25) is 5.02 Å². The van der Waals surface area contributed by atoms with Crippen molar-refractivity contribution < 1.29 is 23.4 Å². The molecule has 31 heavy (non-hydrogen) atoms. The first kappa shape index (κ1) is 21.7. The summed E-state index contributed by atoms with van der Waals surface area (Å²) in [5.41, 5.74) is -2.01. The molecule has 1 aliphatic rings. The molecular formula is C23H22ClF3N2O2. The maximum atomic E-state index is 14.3. The van der Waals surface area contributed by atoms with E-state index in [0.717, 1.165) is 5.69 Å². The van der Waals surface area contributed by atoms with Crippen LogP contribution in [0.15, 0.2) is 42.5 Å². The zero-order valence-electron chi connectivity index (χ0n) is 17.2. The van der Waals surface area contributed by atoms with E-state index in [2.05, 4.69) is 10.3 Å². The molecule has 0 saturated carbocycles. The number of nitrogens with zero attached hydrogens (tertiary/aromatic N) is 1. The molecule has 4 rings (SSSR count). The van der Waals surface area contributed by atoms with Crippen LogP contribution in [0.3, 0.4) is 0 Å². The van der Waals surface area contributed by atoms with Crippen LogP contribution in [0.1, 0.15) is 43.1 Å². The molecule has 2 atom stereocenters. The monoisotopic (exact) mass is 450 g/mol. The third-order valence-corrected chi connectivity index (χ3v) is 6.30. The lowest BCUT2D eigenvalue weighted by Crippen LogP contribution is -2.58. The summed E-state index contributed by atoms with van der Waals surface area (Å²) in [7, 11) is 0. The molecule has 0 saturated heterocycles. The van der Waals surface area contributed by atoms with E-state index in [-0.39, 0.29) is 16.3 Å². The summed E-state index contributed by atoms with van der Waals surface area (Å²) in [6, 6.07) is 9.86. The summed E-state index contributed by atoms with van der Waals surface area (Å²) >= 11 is 6.07. The fraction of sp³-hybridized carbons (Fsp3) is 0.348. The Bertz CT molecular complexity index is 1180. The van der Waals surface area contributed by atoms with E-state index < -0.39 is 29.7 Å². The fourth-order valence-electron chi connectivity index (χ4n) is 4.65. The molecule has 0 spiro atoms. The zero-order valence-corrected chi connectivity index (χ0v) is 17.9. The fourth-order valence-corrected chi connectivity index (χ4v) is 4.81. The minimum atomic E-state index is -4.92. The lowest BCUT2D eigenvalue weighted by atomic mass is 9.63. The number of anilines is 1. The molecule has 1 aliphatic carbocycles. The second-order valence-electron chi connectivity index (χ2n) is 8.75. The predicted octanol–water partition coefficient (Wildman–Crippen LogP) is 6.03. The SMILES string of the molecule is Cc1ccc2c(N[C@H]3c4ccc(Cl)c(O)c4C(C)(C)C[C@]3(O)C(F)(F)F)cccc2n1. The number of aryl methyl sites for hydroxylation is 1. The first-order valence-electron chi connectivity index (χ1n) is 9.79. The van der Waals surface area contributed by atoms with Gasteiger partial charge in [-0.15, -0.1) is 0 Å². The number of aromatic nitrogens is 1. The maximum absolute atomic E-state index is 14.3. The number of halogens is 4. The van der Waals surface area contributed by atoms with Gasteiger partial charge >= 0.3 is 6.18 Å². The van der Waals surface area contributed by atoms with E-state index in [9.17, 15) is 23.4 Å². The Balaban J connectivity index is 1.95. The van der Waals surface area contributed by atoms with Gasteiger partial charge in [0.15, 0.2) is 5.60 Å². The maximum Gasteiger partial charge on any atom is 0.419 e. The van der Waals surface area contributed by atoms with Gasteiger partial charge < -0.3 is 15.5 Å². The van der Waals surface area contributed by atoms with Crippen molar-refractivity contribution in [2.75, 3.05) is 5.32 Å². The van der Waals surface area contributed by atoms with Gasteiger partial charge in [0.05, 0.1) is 16.6 Å². The minimum Gasteiger partial charge on any atom is -0.506 e. The number of aromatic hydroxyl groups is 1. The van der Waals surface area contributed by atoms with E-state index in [1.807, 2.05) is 6.92 Å². The van der Waals surface area contributed by atoms with Gasteiger partial charge in [0.25, 0.3) is 0 Å². The summed E-state index contributed by atoms with van der Waals surface area (Å²) in [5.74, 6) is -0.268. The standard InChI is InChI=1S/C23H22ClF3N2O2/c1-12-7-8-13-16(28-12)5-4-6-17(13)29-20-14-9-10-15(24)19(30)18(14)21(2,3)11-22(20,31)23(25,26)27/h4-10,20,29-31H,11H2,1-3H3/t20-,22+/m0/s1. The first-order chi connectivity index (χ1) is 14.3. The summed E-state index contributed by atoms with van der Waals surface area (Å²) < 4.78 is 42.8. The summed E-state index contributed by atoms with van der Waals surface area (Å²) in [4.78, 5) is 4.43. The molecule has 3 aromatic rings. The normalized spacial score (nSPS) is 22.9. The number of benzene rings is 2. The third-order valence-electron chi connectivity index (χ3n) is 6.00. The van der Waals surface area contributed by atoms with E-state index >= 15 is 0 Å². The van der Waals surface area contributed by atoms with Crippen LogP contribution in [0, 0.1) is 6.92 Å². The number of phenols is 1. The van der Waals surface area contributed by atoms with Crippen molar-refractivity contribution in [2.45, 2.75) is 50.4 Å².